The fraction of sp³-hybridized carbons (Fsp3) is 0.333. The number of nitrogens with zero attached hydrogens (tertiary/aromatic N) is 2. The molecule has 2 N–H and O–H groups in total. The summed E-state index contributed by atoms with van der Waals surface area (Å²) in [5.74, 6) is 0.119. The third-order valence-electron chi connectivity index (χ3n) is 2.36. The first-order chi connectivity index (χ1) is 8.69. The Hall–Kier alpha value is -1.95. The van der Waals surface area contributed by atoms with E-state index in [1.54, 1.807) is 12.1 Å². The molecule has 0 fully saturated rings. The summed E-state index contributed by atoms with van der Waals surface area (Å²) in [5, 5.41) is 13.4. The van der Waals surface area contributed by atoms with Gasteiger partial charge in [0.25, 0.3) is 0 Å². The summed E-state index contributed by atoms with van der Waals surface area (Å²) in [6, 6.07) is 5.07. The van der Waals surface area contributed by atoms with Crippen LogP contribution >= 0.6 is 0 Å². The van der Waals surface area contributed by atoms with Gasteiger partial charge in [-0.15, -0.1) is 5.10 Å². The summed E-state index contributed by atoms with van der Waals surface area (Å²) in [6.45, 7) is 5.13. The van der Waals surface area contributed by atoms with Gasteiger partial charge < -0.3 is 15.1 Å². The predicted octanol–water partition coefficient (Wildman–Crippen LogP) is 2.37. The van der Waals surface area contributed by atoms with Crippen LogP contribution in [-0.4, -0.2) is 16.7 Å². The SMILES string of the molecule is CCNCc1nnc(Nc2ccc(C)cc2F)o1. The molecule has 2 aromatic rings. The van der Waals surface area contributed by atoms with Gasteiger partial charge in [0.1, 0.15) is 5.82 Å². The van der Waals surface area contributed by atoms with E-state index in [0.29, 0.717) is 18.1 Å². The molecule has 0 aliphatic rings. The van der Waals surface area contributed by atoms with Crippen molar-refractivity contribution in [3.63, 3.8) is 0 Å². The monoisotopic (exact) mass is 250 g/mol. The van der Waals surface area contributed by atoms with E-state index < -0.39 is 0 Å². The highest BCUT2D eigenvalue weighted by Gasteiger charge is 2.08. The van der Waals surface area contributed by atoms with Crippen LogP contribution in [0.3, 0.4) is 0 Å². The van der Waals surface area contributed by atoms with Gasteiger partial charge in [-0.1, -0.05) is 18.1 Å². The standard InChI is InChI=1S/C12H15FN4O/c1-3-14-7-11-16-17-12(18-11)15-10-5-4-8(2)6-9(10)13/h4-6,14H,3,7H2,1-2H3,(H,15,17). The Bertz CT molecular complexity index is 527. The molecule has 0 unspecified atom stereocenters. The molecule has 0 aliphatic heterocycles. The van der Waals surface area contributed by atoms with Gasteiger partial charge >= 0.3 is 6.01 Å². The average Bonchev–Trinajstić information content (AvgIpc) is 2.78. The maximum absolute atomic E-state index is 13.6. The molecule has 96 valence electrons. The maximum Gasteiger partial charge on any atom is 0.320 e. The Labute approximate surface area is 104 Å². The van der Waals surface area contributed by atoms with E-state index in [0.717, 1.165) is 12.1 Å². The van der Waals surface area contributed by atoms with Crippen molar-refractivity contribution in [3.8, 4) is 0 Å². The van der Waals surface area contributed by atoms with Crippen molar-refractivity contribution in [2.45, 2.75) is 20.4 Å². The molecular weight excluding hydrogens is 235 g/mol. The van der Waals surface area contributed by atoms with Crippen LogP contribution in [0.15, 0.2) is 22.6 Å². The summed E-state index contributed by atoms with van der Waals surface area (Å²) in [4.78, 5) is 0. The van der Waals surface area contributed by atoms with Crippen LogP contribution in [0.25, 0.3) is 0 Å². The zero-order valence-electron chi connectivity index (χ0n) is 10.3. The molecule has 2 rings (SSSR count). The number of aromatic nitrogens is 2. The van der Waals surface area contributed by atoms with E-state index in [-0.39, 0.29) is 11.8 Å². The third-order valence-corrected chi connectivity index (χ3v) is 2.36. The maximum atomic E-state index is 13.6. The number of hydrogen-bond acceptors (Lipinski definition) is 5. The van der Waals surface area contributed by atoms with E-state index >= 15 is 0 Å². The number of halogens is 1. The lowest BCUT2D eigenvalue weighted by molar-refractivity contribution is 0.484. The van der Waals surface area contributed by atoms with Crippen LogP contribution in [0.1, 0.15) is 18.4 Å². The summed E-state index contributed by atoms with van der Waals surface area (Å²) in [5.41, 5.74) is 1.18. The first kappa shape index (κ1) is 12.5. The third kappa shape index (κ3) is 3.04. The van der Waals surface area contributed by atoms with Crippen molar-refractivity contribution in [2.75, 3.05) is 11.9 Å². The fourth-order valence-corrected chi connectivity index (χ4v) is 1.44. The zero-order valence-corrected chi connectivity index (χ0v) is 10.3. The Morgan fingerprint density at radius 1 is 1.33 bits per heavy atom. The van der Waals surface area contributed by atoms with Crippen molar-refractivity contribution in [2.24, 2.45) is 0 Å². The van der Waals surface area contributed by atoms with Crippen molar-refractivity contribution >= 4 is 11.7 Å². The van der Waals surface area contributed by atoms with Crippen molar-refractivity contribution in [1.82, 2.24) is 15.5 Å². The molecule has 6 heteroatoms. The second-order valence-corrected chi connectivity index (χ2v) is 3.89. The van der Waals surface area contributed by atoms with Crippen LogP contribution in [0.5, 0.6) is 0 Å². The van der Waals surface area contributed by atoms with Crippen LogP contribution in [0.4, 0.5) is 16.1 Å². The molecule has 1 aromatic heterocycles. The van der Waals surface area contributed by atoms with E-state index in [1.807, 2.05) is 13.8 Å². The lowest BCUT2D eigenvalue weighted by atomic mass is 10.2. The van der Waals surface area contributed by atoms with Crippen LogP contribution < -0.4 is 10.6 Å². The Morgan fingerprint density at radius 3 is 2.89 bits per heavy atom. The molecule has 0 aliphatic carbocycles. The smallest absolute Gasteiger partial charge is 0.320 e. The highest BCUT2D eigenvalue weighted by atomic mass is 19.1. The molecule has 1 heterocycles. The van der Waals surface area contributed by atoms with Gasteiger partial charge in [-0.3, -0.25) is 0 Å². The number of anilines is 2. The molecule has 0 saturated carbocycles. The Morgan fingerprint density at radius 2 is 2.17 bits per heavy atom. The average molecular weight is 250 g/mol. The van der Waals surface area contributed by atoms with Gasteiger partial charge in [0, 0.05) is 0 Å². The molecular formula is C12H15FN4O. The number of rotatable bonds is 5. The van der Waals surface area contributed by atoms with Gasteiger partial charge in [0.15, 0.2) is 0 Å². The summed E-state index contributed by atoms with van der Waals surface area (Å²) < 4.78 is 18.9. The molecule has 0 spiro atoms. The van der Waals surface area contributed by atoms with Crippen molar-refractivity contribution < 1.29 is 8.81 Å². The van der Waals surface area contributed by atoms with Gasteiger partial charge in [0.05, 0.1) is 12.2 Å². The molecule has 1 aromatic carbocycles. The Balaban J connectivity index is 2.06. The van der Waals surface area contributed by atoms with E-state index in [1.165, 1.54) is 6.07 Å². The fourth-order valence-electron chi connectivity index (χ4n) is 1.44. The topological polar surface area (TPSA) is 63.0 Å². The number of aryl methyl sites for hydroxylation is 1. The van der Waals surface area contributed by atoms with E-state index in [2.05, 4.69) is 20.8 Å². The second kappa shape index (κ2) is 5.59. The normalized spacial score (nSPS) is 10.6. The lowest BCUT2D eigenvalue weighted by Gasteiger charge is -2.03. The number of nitrogens with one attached hydrogen (secondary N) is 2. The van der Waals surface area contributed by atoms with E-state index in [4.69, 9.17) is 4.42 Å². The van der Waals surface area contributed by atoms with Gasteiger partial charge in [0.2, 0.25) is 5.89 Å². The summed E-state index contributed by atoms with van der Waals surface area (Å²) in [6.07, 6.45) is 0. The van der Waals surface area contributed by atoms with Crippen molar-refractivity contribution in [3.05, 3.63) is 35.5 Å². The van der Waals surface area contributed by atoms with Gasteiger partial charge in [-0.2, -0.15) is 0 Å². The molecule has 5 nitrogen and oxygen atoms in total. The van der Waals surface area contributed by atoms with Crippen LogP contribution in [0, 0.1) is 12.7 Å². The first-order valence-corrected chi connectivity index (χ1v) is 5.75. The number of benzene rings is 1. The minimum Gasteiger partial charge on any atom is -0.406 e. The zero-order chi connectivity index (χ0) is 13.0. The molecule has 18 heavy (non-hydrogen) atoms. The predicted molar refractivity (Wildman–Crippen MR) is 66.1 cm³/mol. The molecule has 0 bridgehead atoms. The second-order valence-electron chi connectivity index (χ2n) is 3.89. The highest BCUT2D eigenvalue weighted by Crippen LogP contribution is 2.19. The minimum absolute atomic E-state index is 0.186. The molecule has 0 atom stereocenters. The largest absolute Gasteiger partial charge is 0.406 e. The van der Waals surface area contributed by atoms with E-state index in [9.17, 15) is 4.39 Å². The molecule has 0 amide bonds. The summed E-state index contributed by atoms with van der Waals surface area (Å²) in [7, 11) is 0. The molecule has 0 radical (unpaired) electrons. The number of hydrogen-bond donors (Lipinski definition) is 2. The van der Waals surface area contributed by atoms with Gasteiger partial charge in [-0.25, -0.2) is 4.39 Å². The highest BCUT2D eigenvalue weighted by molar-refractivity contribution is 5.53. The van der Waals surface area contributed by atoms with Gasteiger partial charge in [-0.05, 0) is 31.2 Å². The lowest BCUT2D eigenvalue weighted by Crippen LogP contribution is -2.11. The Kier molecular flexibility index (Phi) is 3.88. The van der Waals surface area contributed by atoms with Crippen LogP contribution in [-0.2, 0) is 6.54 Å². The minimum atomic E-state index is -0.346. The van der Waals surface area contributed by atoms with Crippen molar-refractivity contribution in [1.29, 1.82) is 0 Å². The quantitative estimate of drug-likeness (QED) is 0.853. The molecule has 0 saturated heterocycles. The summed E-state index contributed by atoms with van der Waals surface area (Å²) >= 11 is 0. The first-order valence-electron chi connectivity index (χ1n) is 5.75. The van der Waals surface area contributed by atoms with Crippen LogP contribution in [0.2, 0.25) is 0 Å².